The van der Waals surface area contributed by atoms with Gasteiger partial charge in [-0.1, -0.05) is 6.07 Å². The first-order chi connectivity index (χ1) is 9.70. The number of aromatic nitrogens is 3. The summed E-state index contributed by atoms with van der Waals surface area (Å²) in [7, 11) is 1.56. The first-order valence-corrected chi connectivity index (χ1v) is 6.87. The van der Waals surface area contributed by atoms with Gasteiger partial charge in [0.1, 0.15) is 11.9 Å². The Kier molecular flexibility index (Phi) is 3.21. The largest absolute Gasteiger partial charge is 0.380 e. The predicted octanol–water partition coefficient (Wildman–Crippen LogP) is 1.46. The number of carbonyl (C=O) groups excluding carboxylic acids is 1. The average Bonchev–Trinajstić information content (AvgIpc) is 3.13. The van der Waals surface area contributed by atoms with Crippen molar-refractivity contribution in [2.24, 2.45) is 0 Å². The van der Waals surface area contributed by atoms with Crippen LogP contribution in [0.1, 0.15) is 27.2 Å². The third-order valence-corrected chi connectivity index (χ3v) is 3.88. The van der Waals surface area contributed by atoms with Crippen LogP contribution >= 0.6 is 11.3 Å². The minimum absolute atomic E-state index is 0.224. The normalized spacial score (nSPS) is 12.5. The molecule has 0 aliphatic rings. The van der Waals surface area contributed by atoms with E-state index >= 15 is 0 Å². The SMILES string of the molecule is CNC(=O)c1ccnc2nc(C(O)c3cccs3)[nH]c12. The van der Waals surface area contributed by atoms with Crippen LogP contribution in [0.5, 0.6) is 0 Å². The van der Waals surface area contributed by atoms with Gasteiger partial charge in [-0.05, 0) is 17.5 Å². The molecule has 0 aliphatic heterocycles. The van der Waals surface area contributed by atoms with Crippen molar-refractivity contribution < 1.29 is 9.90 Å². The summed E-state index contributed by atoms with van der Waals surface area (Å²) in [4.78, 5) is 23.9. The van der Waals surface area contributed by atoms with Gasteiger partial charge < -0.3 is 15.4 Å². The number of pyridine rings is 1. The number of amides is 1. The summed E-state index contributed by atoms with van der Waals surface area (Å²) in [5.74, 6) is 0.157. The standard InChI is InChI=1S/C13H12N4O2S/c1-14-13(19)7-4-5-15-11-9(7)16-12(17-11)10(18)8-3-2-6-20-8/h2-6,10,18H,1H3,(H,14,19)(H,15,16,17). The lowest BCUT2D eigenvalue weighted by Gasteiger charge is -2.03. The number of hydrogen-bond donors (Lipinski definition) is 3. The maximum absolute atomic E-state index is 11.8. The second-order valence-electron chi connectivity index (χ2n) is 4.18. The number of carbonyl (C=O) groups is 1. The number of aliphatic hydroxyl groups excluding tert-OH is 1. The molecule has 3 heterocycles. The molecule has 1 atom stereocenters. The van der Waals surface area contributed by atoms with E-state index in [9.17, 15) is 9.90 Å². The number of nitrogens with zero attached hydrogens (tertiary/aromatic N) is 2. The molecule has 0 radical (unpaired) electrons. The maximum Gasteiger partial charge on any atom is 0.253 e. The minimum atomic E-state index is -0.846. The first-order valence-electron chi connectivity index (χ1n) is 5.99. The summed E-state index contributed by atoms with van der Waals surface area (Å²) < 4.78 is 0. The van der Waals surface area contributed by atoms with Crippen LogP contribution in [0.3, 0.4) is 0 Å². The van der Waals surface area contributed by atoms with Crippen LogP contribution in [0.2, 0.25) is 0 Å². The van der Waals surface area contributed by atoms with Gasteiger partial charge in [0, 0.05) is 18.1 Å². The summed E-state index contributed by atoms with van der Waals surface area (Å²) >= 11 is 1.44. The molecular formula is C13H12N4O2S. The molecule has 0 spiro atoms. The monoisotopic (exact) mass is 288 g/mol. The molecule has 3 aromatic rings. The van der Waals surface area contributed by atoms with Gasteiger partial charge in [0.05, 0.1) is 11.1 Å². The number of H-pyrrole nitrogens is 1. The zero-order valence-electron chi connectivity index (χ0n) is 10.6. The minimum Gasteiger partial charge on any atom is -0.380 e. The number of nitrogens with one attached hydrogen (secondary N) is 2. The van der Waals surface area contributed by atoms with Gasteiger partial charge in [-0.2, -0.15) is 0 Å². The quantitative estimate of drug-likeness (QED) is 0.680. The molecule has 0 saturated heterocycles. The smallest absolute Gasteiger partial charge is 0.253 e. The molecule has 3 rings (SSSR count). The molecule has 3 N–H and O–H groups in total. The third kappa shape index (κ3) is 2.06. The Labute approximate surface area is 118 Å². The van der Waals surface area contributed by atoms with E-state index in [4.69, 9.17) is 0 Å². The van der Waals surface area contributed by atoms with Gasteiger partial charge in [-0.25, -0.2) is 9.97 Å². The Morgan fingerprint density at radius 3 is 3.05 bits per heavy atom. The second kappa shape index (κ2) is 5.03. The van der Waals surface area contributed by atoms with E-state index in [2.05, 4.69) is 20.3 Å². The molecule has 0 aromatic carbocycles. The van der Waals surface area contributed by atoms with Gasteiger partial charge in [0.25, 0.3) is 5.91 Å². The topological polar surface area (TPSA) is 90.9 Å². The molecule has 1 unspecified atom stereocenters. The Morgan fingerprint density at radius 1 is 1.50 bits per heavy atom. The fourth-order valence-electron chi connectivity index (χ4n) is 1.96. The lowest BCUT2D eigenvalue weighted by atomic mass is 10.2. The van der Waals surface area contributed by atoms with Gasteiger partial charge >= 0.3 is 0 Å². The lowest BCUT2D eigenvalue weighted by Crippen LogP contribution is -2.18. The molecule has 7 heteroatoms. The Hall–Kier alpha value is -2.25. The molecule has 1 amide bonds. The number of aliphatic hydroxyl groups is 1. The average molecular weight is 288 g/mol. The van der Waals surface area contributed by atoms with Gasteiger partial charge in [0.2, 0.25) is 0 Å². The fourth-order valence-corrected chi connectivity index (χ4v) is 2.68. The van der Waals surface area contributed by atoms with Crippen LogP contribution < -0.4 is 5.32 Å². The van der Waals surface area contributed by atoms with Crippen molar-refractivity contribution in [1.82, 2.24) is 20.3 Å². The zero-order chi connectivity index (χ0) is 14.1. The van der Waals surface area contributed by atoms with Crippen LogP contribution in [0, 0.1) is 0 Å². The van der Waals surface area contributed by atoms with Crippen molar-refractivity contribution in [1.29, 1.82) is 0 Å². The summed E-state index contributed by atoms with van der Waals surface area (Å²) in [6.45, 7) is 0. The van der Waals surface area contributed by atoms with Crippen molar-refractivity contribution in [3.63, 3.8) is 0 Å². The van der Waals surface area contributed by atoms with E-state index in [0.29, 0.717) is 22.6 Å². The molecule has 0 bridgehead atoms. The molecule has 3 aromatic heterocycles. The molecule has 20 heavy (non-hydrogen) atoms. The number of hydrogen-bond acceptors (Lipinski definition) is 5. The molecule has 102 valence electrons. The van der Waals surface area contributed by atoms with Crippen LogP contribution in [-0.4, -0.2) is 33.0 Å². The number of thiophene rings is 1. The molecule has 0 saturated carbocycles. The Balaban J connectivity index is 2.09. The number of imidazole rings is 1. The first kappa shape index (κ1) is 12.8. The van der Waals surface area contributed by atoms with Gasteiger partial charge in [-0.3, -0.25) is 4.79 Å². The highest BCUT2D eigenvalue weighted by Crippen LogP contribution is 2.25. The molecular weight excluding hydrogens is 276 g/mol. The van der Waals surface area contributed by atoms with Crippen molar-refractivity contribution >= 4 is 28.4 Å². The highest BCUT2D eigenvalue weighted by Gasteiger charge is 2.19. The van der Waals surface area contributed by atoms with E-state index in [-0.39, 0.29) is 5.91 Å². The van der Waals surface area contributed by atoms with Gasteiger partial charge in [-0.15, -0.1) is 11.3 Å². The van der Waals surface area contributed by atoms with Crippen LogP contribution in [0.4, 0.5) is 0 Å². The summed E-state index contributed by atoms with van der Waals surface area (Å²) in [5.41, 5.74) is 1.39. The van der Waals surface area contributed by atoms with Crippen molar-refractivity contribution in [3.8, 4) is 0 Å². The molecule has 0 aliphatic carbocycles. The second-order valence-corrected chi connectivity index (χ2v) is 5.16. The van der Waals surface area contributed by atoms with Crippen LogP contribution in [0.15, 0.2) is 29.8 Å². The highest BCUT2D eigenvalue weighted by atomic mass is 32.1. The maximum atomic E-state index is 11.8. The number of fused-ring (bicyclic) bond motifs is 1. The summed E-state index contributed by atoms with van der Waals surface area (Å²) in [6.07, 6.45) is 0.677. The molecule has 6 nitrogen and oxygen atoms in total. The zero-order valence-corrected chi connectivity index (χ0v) is 11.4. The Morgan fingerprint density at radius 2 is 2.35 bits per heavy atom. The summed E-state index contributed by atoms with van der Waals surface area (Å²) in [5, 5.41) is 14.7. The third-order valence-electron chi connectivity index (χ3n) is 2.95. The Bertz CT molecular complexity index is 751. The van der Waals surface area contributed by atoms with Crippen LogP contribution in [-0.2, 0) is 0 Å². The number of rotatable bonds is 3. The molecule has 0 fully saturated rings. The highest BCUT2D eigenvalue weighted by molar-refractivity contribution is 7.10. The van der Waals surface area contributed by atoms with E-state index < -0.39 is 6.10 Å². The lowest BCUT2D eigenvalue weighted by molar-refractivity contribution is 0.0964. The van der Waals surface area contributed by atoms with Crippen LogP contribution in [0.25, 0.3) is 11.2 Å². The fraction of sp³-hybridized carbons (Fsp3) is 0.154. The van der Waals surface area contributed by atoms with Crippen molar-refractivity contribution in [3.05, 3.63) is 46.0 Å². The van der Waals surface area contributed by atoms with E-state index in [1.807, 2.05) is 17.5 Å². The van der Waals surface area contributed by atoms with E-state index in [0.717, 1.165) is 4.88 Å². The predicted molar refractivity (Wildman–Crippen MR) is 75.7 cm³/mol. The van der Waals surface area contributed by atoms with Crippen molar-refractivity contribution in [2.45, 2.75) is 6.10 Å². The van der Waals surface area contributed by atoms with Gasteiger partial charge in [0.15, 0.2) is 5.65 Å². The van der Waals surface area contributed by atoms with E-state index in [1.165, 1.54) is 17.5 Å². The number of aromatic amines is 1. The van der Waals surface area contributed by atoms with Crippen molar-refractivity contribution in [2.75, 3.05) is 7.05 Å². The summed E-state index contributed by atoms with van der Waals surface area (Å²) in [6, 6.07) is 5.30. The van der Waals surface area contributed by atoms with E-state index in [1.54, 1.807) is 13.1 Å².